The predicted octanol–water partition coefficient (Wildman–Crippen LogP) is 6.15. The van der Waals surface area contributed by atoms with Gasteiger partial charge in [-0.05, 0) is 71.3 Å². The molecule has 7 nitrogen and oxygen atoms in total. The normalized spacial score (nSPS) is 14.3. The van der Waals surface area contributed by atoms with Gasteiger partial charge in [-0.2, -0.15) is 0 Å². The summed E-state index contributed by atoms with van der Waals surface area (Å²) in [6.45, 7) is 9.94. The fourth-order valence-corrected chi connectivity index (χ4v) is 4.63. The van der Waals surface area contributed by atoms with Crippen molar-refractivity contribution in [1.29, 1.82) is 5.41 Å². The molecule has 200 valence electrons. The number of amides is 1. The number of anilines is 1. The highest BCUT2D eigenvalue weighted by molar-refractivity contribution is 6.06. The molecule has 0 unspecified atom stereocenters. The minimum Gasteiger partial charge on any atom is -0.457 e. The van der Waals surface area contributed by atoms with Crippen LogP contribution in [0, 0.1) is 5.41 Å². The van der Waals surface area contributed by atoms with Gasteiger partial charge in [-0.15, -0.1) is 0 Å². The topological polar surface area (TPSA) is 81.5 Å². The van der Waals surface area contributed by atoms with Gasteiger partial charge in [-0.1, -0.05) is 45.0 Å². The van der Waals surface area contributed by atoms with Gasteiger partial charge in [-0.3, -0.25) is 15.2 Å². The van der Waals surface area contributed by atoms with E-state index in [9.17, 15) is 4.79 Å². The van der Waals surface area contributed by atoms with Crippen LogP contribution in [0.15, 0.2) is 79.0 Å². The number of piperazine rings is 1. The maximum Gasteiger partial charge on any atom is 0.255 e. The zero-order chi connectivity index (χ0) is 27.6. The van der Waals surface area contributed by atoms with Gasteiger partial charge in [0.25, 0.3) is 5.91 Å². The van der Waals surface area contributed by atoms with Crippen molar-refractivity contribution in [2.75, 3.05) is 38.5 Å². The third kappa shape index (κ3) is 6.26. The van der Waals surface area contributed by atoms with Crippen LogP contribution in [-0.2, 0) is 5.41 Å². The molecule has 0 spiro atoms. The molecule has 1 amide bonds. The van der Waals surface area contributed by atoms with Gasteiger partial charge in [0.1, 0.15) is 23.0 Å². The summed E-state index contributed by atoms with van der Waals surface area (Å²) < 4.78 is 6.16. The van der Waals surface area contributed by atoms with Crippen molar-refractivity contribution >= 4 is 28.2 Å². The van der Waals surface area contributed by atoms with E-state index >= 15 is 0 Å². The van der Waals surface area contributed by atoms with E-state index in [4.69, 9.17) is 10.1 Å². The Bertz CT molecular complexity index is 1520. The minimum atomic E-state index is -0.157. The van der Waals surface area contributed by atoms with Crippen molar-refractivity contribution in [2.45, 2.75) is 26.2 Å². The lowest BCUT2D eigenvalue weighted by molar-refractivity contribution is 0.102. The average molecular weight is 522 g/mol. The Labute approximate surface area is 229 Å². The van der Waals surface area contributed by atoms with Gasteiger partial charge in [0, 0.05) is 49.7 Å². The zero-order valence-corrected chi connectivity index (χ0v) is 23.0. The first-order valence-corrected chi connectivity index (χ1v) is 13.3. The highest BCUT2D eigenvalue weighted by Crippen LogP contribution is 2.28. The van der Waals surface area contributed by atoms with Crippen molar-refractivity contribution in [3.63, 3.8) is 0 Å². The van der Waals surface area contributed by atoms with Crippen molar-refractivity contribution in [3.8, 4) is 11.5 Å². The Morgan fingerprint density at radius 2 is 1.64 bits per heavy atom. The quantitative estimate of drug-likeness (QED) is 0.243. The molecule has 2 heterocycles. The van der Waals surface area contributed by atoms with Gasteiger partial charge < -0.3 is 19.9 Å². The zero-order valence-electron chi connectivity index (χ0n) is 23.0. The van der Waals surface area contributed by atoms with Crippen LogP contribution in [0.4, 0.5) is 5.69 Å². The van der Waals surface area contributed by atoms with Crippen LogP contribution >= 0.6 is 0 Å². The SMILES string of the molecule is CN1CCN(C(=N)c2cc(Oc3ccc4ccc(C(=O)Nc5cccc(C(C)(C)C)c5)cc4c3)ccn2)CC1. The Morgan fingerprint density at radius 3 is 2.41 bits per heavy atom. The molecule has 0 saturated carbocycles. The van der Waals surface area contributed by atoms with E-state index in [0.717, 1.165) is 42.6 Å². The van der Waals surface area contributed by atoms with Crippen LogP contribution in [-0.4, -0.2) is 59.8 Å². The first-order valence-electron chi connectivity index (χ1n) is 13.3. The molecule has 2 N–H and O–H groups in total. The maximum atomic E-state index is 13.1. The number of fused-ring (bicyclic) bond motifs is 1. The van der Waals surface area contributed by atoms with Crippen molar-refractivity contribution in [3.05, 3.63) is 95.8 Å². The van der Waals surface area contributed by atoms with E-state index in [1.54, 1.807) is 18.3 Å². The highest BCUT2D eigenvalue weighted by Gasteiger charge is 2.19. The lowest BCUT2D eigenvalue weighted by atomic mass is 9.87. The molecule has 0 bridgehead atoms. The molecule has 0 aliphatic carbocycles. The van der Waals surface area contributed by atoms with Gasteiger partial charge in [0.15, 0.2) is 0 Å². The van der Waals surface area contributed by atoms with E-state index < -0.39 is 0 Å². The van der Waals surface area contributed by atoms with E-state index in [1.807, 2.05) is 59.5 Å². The number of nitrogens with zero attached hydrogens (tertiary/aromatic N) is 3. The number of aromatic nitrogens is 1. The molecule has 4 aromatic rings. The Balaban J connectivity index is 1.31. The van der Waals surface area contributed by atoms with Gasteiger partial charge >= 0.3 is 0 Å². The molecule has 1 fully saturated rings. The number of hydrogen-bond donors (Lipinski definition) is 2. The molecule has 1 saturated heterocycles. The van der Waals surface area contributed by atoms with Crippen LogP contribution in [0.3, 0.4) is 0 Å². The first kappa shape index (κ1) is 26.4. The smallest absolute Gasteiger partial charge is 0.255 e. The molecule has 1 aromatic heterocycles. The van der Waals surface area contributed by atoms with Crippen LogP contribution in [0.25, 0.3) is 10.8 Å². The molecule has 0 atom stereocenters. The monoisotopic (exact) mass is 521 g/mol. The summed E-state index contributed by atoms with van der Waals surface area (Å²) in [6, 6.07) is 23.1. The van der Waals surface area contributed by atoms with Crippen molar-refractivity contribution < 1.29 is 9.53 Å². The summed E-state index contributed by atoms with van der Waals surface area (Å²) in [6.07, 6.45) is 1.67. The fraction of sp³-hybridized carbons (Fsp3) is 0.281. The van der Waals surface area contributed by atoms with E-state index in [1.165, 1.54) is 5.56 Å². The summed E-state index contributed by atoms with van der Waals surface area (Å²) in [4.78, 5) is 21.8. The summed E-state index contributed by atoms with van der Waals surface area (Å²) >= 11 is 0. The van der Waals surface area contributed by atoms with Crippen LogP contribution in [0.2, 0.25) is 0 Å². The molecule has 39 heavy (non-hydrogen) atoms. The molecular formula is C32H35N5O2. The number of carbonyl (C=O) groups excluding carboxylic acids is 1. The largest absolute Gasteiger partial charge is 0.457 e. The number of hydrogen-bond acceptors (Lipinski definition) is 5. The molecule has 1 aliphatic heterocycles. The number of pyridine rings is 1. The summed E-state index contributed by atoms with van der Waals surface area (Å²) in [7, 11) is 2.10. The Kier molecular flexibility index (Phi) is 7.35. The second-order valence-corrected chi connectivity index (χ2v) is 11.1. The molecule has 7 heteroatoms. The molecular weight excluding hydrogens is 486 g/mol. The van der Waals surface area contributed by atoms with E-state index in [2.05, 4.69) is 49.1 Å². The van der Waals surface area contributed by atoms with Crippen LogP contribution in [0.1, 0.15) is 42.4 Å². The molecule has 1 aliphatic rings. The molecule has 3 aromatic carbocycles. The summed E-state index contributed by atoms with van der Waals surface area (Å²) in [5, 5.41) is 13.6. The standard InChI is InChI=1S/C32H35N5O2/c1-32(2,3)25-6-5-7-26(20-25)35-31(38)23-9-8-22-10-11-27(19-24(22)18-23)39-28-12-13-34-29(21-28)30(33)37-16-14-36(4)15-17-37/h5-13,18-21,33H,14-17H2,1-4H3,(H,35,38). The van der Waals surface area contributed by atoms with Gasteiger partial charge in [0.2, 0.25) is 0 Å². The lowest BCUT2D eigenvalue weighted by Crippen LogP contribution is -2.47. The second kappa shape index (κ2) is 10.9. The maximum absolute atomic E-state index is 13.1. The highest BCUT2D eigenvalue weighted by atomic mass is 16.5. The van der Waals surface area contributed by atoms with E-state index in [-0.39, 0.29) is 11.3 Å². The number of nitrogens with one attached hydrogen (secondary N) is 2. The fourth-order valence-electron chi connectivity index (χ4n) is 4.63. The van der Waals surface area contributed by atoms with Crippen molar-refractivity contribution in [2.24, 2.45) is 0 Å². The van der Waals surface area contributed by atoms with E-state index in [0.29, 0.717) is 28.6 Å². The summed E-state index contributed by atoms with van der Waals surface area (Å²) in [5.74, 6) is 1.53. The number of amidine groups is 1. The van der Waals surface area contributed by atoms with Crippen molar-refractivity contribution in [1.82, 2.24) is 14.8 Å². The first-order chi connectivity index (χ1) is 18.7. The number of benzene rings is 3. The number of rotatable bonds is 5. The minimum absolute atomic E-state index is 0.000501. The third-order valence-corrected chi connectivity index (χ3v) is 7.09. The predicted molar refractivity (Wildman–Crippen MR) is 157 cm³/mol. The second-order valence-electron chi connectivity index (χ2n) is 11.1. The number of ether oxygens (including phenoxy) is 1. The third-order valence-electron chi connectivity index (χ3n) is 7.09. The van der Waals surface area contributed by atoms with Gasteiger partial charge in [-0.25, -0.2) is 0 Å². The Hall–Kier alpha value is -4.23. The Morgan fingerprint density at radius 1 is 0.897 bits per heavy atom. The summed E-state index contributed by atoms with van der Waals surface area (Å²) in [5.41, 5.74) is 3.11. The van der Waals surface area contributed by atoms with Crippen LogP contribution < -0.4 is 10.1 Å². The number of likely N-dealkylation sites (N-methyl/N-ethyl adjacent to an activating group) is 1. The molecule has 0 radical (unpaired) electrons. The average Bonchev–Trinajstić information content (AvgIpc) is 2.92. The molecule has 5 rings (SSSR count). The lowest BCUT2D eigenvalue weighted by Gasteiger charge is -2.33. The number of carbonyl (C=O) groups is 1. The van der Waals surface area contributed by atoms with Gasteiger partial charge in [0.05, 0.1) is 0 Å². The van der Waals surface area contributed by atoms with Crippen LogP contribution in [0.5, 0.6) is 11.5 Å².